The van der Waals surface area contributed by atoms with Crippen LogP contribution in [0.4, 0.5) is 0 Å². The third kappa shape index (κ3) is 6.22. The summed E-state index contributed by atoms with van der Waals surface area (Å²) in [5.74, 6) is 0.816. The van der Waals surface area contributed by atoms with E-state index in [1.54, 1.807) is 6.08 Å². The number of fused-ring (bicyclic) bond motifs is 1. The fraction of sp³-hybridized carbons (Fsp3) is 0.545. The summed E-state index contributed by atoms with van der Waals surface area (Å²) in [5, 5.41) is 19.0. The van der Waals surface area contributed by atoms with Crippen molar-refractivity contribution in [1.29, 1.82) is 0 Å². The molecular formula is C22H29NO6. The molecule has 158 valence electrons. The number of hydrogen-bond acceptors (Lipinski definition) is 5. The zero-order valence-electron chi connectivity index (χ0n) is 16.6. The Morgan fingerprint density at radius 2 is 2.00 bits per heavy atom. The molecule has 2 aliphatic heterocycles. The number of carbonyl (C=O) groups is 2. The molecule has 0 bridgehead atoms. The largest absolute Gasteiger partial charge is 0.481 e. The van der Waals surface area contributed by atoms with Crippen molar-refractivity contribution >= 4 is 11.9 Å². The fourth-order valence-corrected chi connectivity index (χ4v) is 3.79. The highest BCUT2D eigenvalue weighted by Crippen LogP contribution is 2.32. The minimum atomic E-state index is -0.760. The molecule has 7 nitrogen and oxygen atoms in total. The predicted octanol–water partition coefficient (Wildman–Crippen LogP) is 2.90. The number of rotatable bonds is 11. The standard InChI is InChI=1S/C22H29NO6/c24-18(13-16-6-10-19-20(14-16)29-15-28-19)9-7-17-8-11-21(25)23(17)12-4-2-1-3-5-22(26)27/h6-7,9-10,14,17-18,24H,1-5,8,11-13,15H2,(H,26,27)/t17-,18?/m0/s1. The zero-order chi connectivity index (χ0) is 20.6. The average molecular weight is 403 g/mol. The molecule has 1 aromatic rings. The smallest absolute Gasteiger partial charge is 0.303 e. The van der Waals surface area contributed by atoms with E-state index in [4.69, 9.17) is 14.6 Å². The van der Waals surface area contributed by atoms with Gasteiger partial charge in [-0.1, -0.05) is 31.1 Å². The molecule has 1 aromatic carbocycles. The number of ether oxygens (including phenoxy) is 2. The second kappa shape index (κ2) is 10.3. The number of unbranched alkanes of at least 4 members (excludes halogenated alkanes) is 3. The first-order valence-corrected chi connectivity index (χ1v) is 10.3. The molecule has 2 N–H and O–H groups in total. The second-order valence-corrected chi connectivity index (χ2v) is 7.60. The first-order chi connectivity index (χ1) is 14.0. The lowest BCUT2D eigenvalue weighted by molar-refractivity contribution is -0.137. The van der Waals surface area contributed by atoms with Crippen molar-refractivity contribution in [2.45, 2.75) is 63.5 Å². The molecule has 1 fully saturated rings. The van der Waals surface area contributed by atoms with Gasteiger partial charge in [-0.3, -0.25) is 9.59 Å². The van der Waals surface area contributed by atoms with Crippen LogP contribution in [0.2, 0.25) is 0 Å². The molecular weight excluding hydrogens is 374 g/mol. The van der Waals surface area contributed by atoms with E-state index < -0.39 is 12.1 Å². The van der Waals surface area contributed by atoms with Gasteiger partial charge >= 0.3 is 5.97 Å². The Hall–Kier alpha value is -2.54. The van der Waals surface area contributed by atoms with Gasteiger partial charge in [0.15, 0.2) is 11.5 Å². The normalized spacial score (nSPS) is 19.3. The minimum absolute atomic E-state index is 0.0212. The summed E-state index contributed by atoms with van der Waals surface area (Å²) in [5.41, 5.74) is 0.965. The molecule has 1 saturated heterocycles. The van der Waals surface area contributed by atoms with Crippen LogP contribution in [0.3, 0.4) is 0 Å². The van der Waals surface area contributed by atoms with Crippen LogP contribution in [0.1, 0.15) is 50.5 Å². The summed E-state index contributed by atoms with van der Waals surface area (Å²) >= 11 is 0. The van der Waals surface area contributed by atoms with Crippen LogP contribution in [-0.2, 0) is 16.0 Å². The molecule has 0 radical (unpaired) electrons. The van der Waals surface area contributed by atoms with Crippen molar-refractivity contribution in [3.8, 4) is 11.5 Å². The van der Waals surface area contributed by atoms with Crippen molar-refractivity contribution in [3.63, 3.8) is 0 Å². The molecule has 2 heterocycles. The number of carboxylic acid groups (broad SMARTS) is 1. The molecule has 29 heavy (non-hydrogen) atoms. The minimum Gasteiger partial charge on any atom is -0.481 e. The molecule has 2 aliphatic rings. The summed E-state index contributed by atoms with van der Waals surface area (Å²) in [4.78, 5) is 24.6. The third-order valence-electron chi connectivity index (χ3n) is 5.35. The molecule has 1 unspecified atom stereocenters. The zero-order valence-corrected chi connectivity index (χ0v) is 16.6. The van der Waals surface area contributed by atoms with Crippen LogP contribution in [0.15, 0.2) is 30.4 Å². The number of aliphatic carboxylic acids is 1. The summed E-state index contributed by atoms with van der Waals surface area (Å²) < 4.78 is 10.7. The Labute approximate surface area is 170 Å². The Balaban J connectivity index is 1.44. The van der Waals surface area contributed by atoms with E-state index in [-0.39, 0.29) is 25.2 Å². The molecule has 0 aliphatic carbocycles. The predicted molar refractivity (Wildman–Crippen MR) is 107 cm³/mol. The van der Waals surface area contributed by atoms with Gasteiger partial charge in [-0.2, -0.15) is 0 Å². The van der Waals surface area contributed by atoms with E-state index in [1.165, 1.54) is 0 Å². The van der Waals surface area contributed by atoms with Gasteiger partial charge in [-0.25, -0.2) is 0 Å². The van der Waals surface area contributed by atoms with E-state index in [1.807, 2.05) is 29.2 Å². The van der Waals surface area contributed by atoms with Gasteiger partial charge in [0, 0.05) is 25.8 Å². The van der Waals surface area contributed by atoms with Gasteiger partial charge in [-0.15, -0.1) is 0 Å². The Morgan fingerprint density at radius 1 is 1.21 bits per heavy atom. The second-order valence-electron chi connectivity index (χ2n) is 7.60. The number of amides is 1. The SMILES string of the molecule is O=C(O)CCCCCCN1C(=O)CC[C@@H]1C=CC(O)Cc1ccc2c(c1)OCO2. The average Bonchev–Trinajstić information content (AvgIpc) is 3.29. The lowest BCUT2D eigenvalue weighted by Gasteiger charge is -2.22. The molecule has 1 amide bonds. The fourth-order valence-electron chi connectivity index (χ4n) is 3.79. The maximum Gasteiger partial charge on any atom is 0.303 e. The van der Waals surface area contributed by atoms with E-state index >= 15 is 0 Å². The summed E-state index contributed by atoms with van der Waals surface area (Å²) in [6.07, 6.45) is 8.38. The monoisotopic (exact) mass is 403 g/mol. The van der Waals surface area contributed by atoms with Crippen LogP contribution < -0.4 is 9.47 Å². The maximum atomic E-state index is 12.2. The van der Waals surface area contributed by atoms with E-state index in [0.717, 1.165) is 37.0 Å². The highest BCUT2D eigenvalue weighted by Gasteiger charge is 2.28. The lowest BCUT2D eigenvalue weighted by Crippen LogP contribution is -2.32. The van der Waals surface area contributed by atoms with E-state index in [2.05, 4.69) is 0 Å². The highest BCUT2D eigenvalue weighted by molar-refractivity contribution is 5.79. The van der Waals surface area contributed by atoms with E-state index in [9.17, 15) is 14.7 Å². The number of carboxylic acids is 1. The van der Waals surface area contributed by atoms with Crippen molar-refractivity contribution in [1.82, 2.24) is 4.90 Å². The first kappa shape index (κ1) is 21.2. The molecule has 2 atom stereocenters. The Morgan fingerprint density at radius 3 is 2.83 bits per heavy atom. The topological polar surface area (TPSA) is 96.3 Å². The molecule has 7 heteroatoms. The van der Waals surface area contributed by atoms with Gasteiger partial charge in [0.25, 0.3) is 0 Å². The van der Waals surface area contributed by atoms with E-state index in [0.29, 0.717) is 31.6 Å². The number of carbonyl (C=O) groups excluding carboxylic acids is 1. The molecule has 0 spiro atoms. The highest BCUT2D eigenvalue weighted by atomic mass is 16.7. The molecule has 3 rings (SSSR count). The summed E-state index contributed by atoms with van der Waals surface area (Å²) in [6.45, 7) is 0.908. The quantitative estimate of drug-likeness (QED) is 0.436. The van der Waals surface area contributed by atoms with Crippen molar-refractivity contribution < 1.29 is 29.3 Å². The summed E-state index contributed by atoms with van der Waals surface area (Å²) in [6, 6.07) is 5.67. The van der Waals surface area contributed by atoms with Gasteiger partial charge in [0.05, 0.1) is 12.1 Å². The van der Waals surface area contributed by atoms with Crippen LogP contribution >= 0.6 is 0 Å². The number of aliphatic hydroxyl groups excluding tert-OH is 1. The Kier molecular flexibility index (Phi) is 7.52. The maximum absolute atomic E-state index is 12.2. The van der Waals surface area contributed by atoms with Crippen LogP contribution in [0.5, 0.6) is 11.5 Å². The number of nitrogens with zero attached hydrogens (tertiary/aromatic N) is 1. The molecule has 0 aromatic heterocycles. The van der Waals surface area contributed by atoms with Gasteiger partial charge < -0.3 is 24.6 Å². The third-order valence-corrected chi connectivity index (χ3v) is 5.35. The first-order valence-electron chi connectivity index (χ1n) is 10.3. The van der Waals surface area contributed by atoms with Crippen LogP contribution in [-0.4, -0.2) is 52.5 Å². The number of hydrogen-bond donors (Lipinski definition) is 2. The number of likely N-dealkylation sites (tertiary alicyclic amines) is 1. The van der Waals surface area contributed by atoms with Crippen molar-refractivity contribution in [2.24, 2.45) is 0 Å². The van der Waals surface area contributed by atoms with Gasteiger partial charge in [-0.05, 0) is 37.0 Å². The van der Waals surface area contributed by atoms with Crippen LogP contribution in [0.25, 0.3) is 0 Å². The number of aliphatic hydroxyl groups is 1. The van der Waals surface area contributed by atoms with Gasteiger partial charge in [0.1, 0.15) is 0 Å². The van der Waals surface area contributed by atoms with Gasteiger partial charge in [0.2, 0.25) is 12.7 Å². The summed E-state index contributed by atoms with van der Waals surface area (Å²) in [7, 11) is 0. The Bertz CT molecular complexity index is 747. The lowest BCUT2D eigenvalue weighted by atomic mass is 10.1. The van der Waals surface area contributed by atoms with Crippen molar-refractivity contribution in [3.05, 3.63) is 35.9 Å². The number of benzene rings is 1. The molecule has 0 saturated carbocycles. The van der Waals surface area contributed by atoms with Crippen molar-refractivity contribution in [2.75, 3.05) is 13.3 Å². The van der Waals surface area contributed by atoms with Crippen LogP contribution in [0, 0.1) is 0 Å².